The Morgan fingerprint density at radius 2 is 2.27 bits per heavy atom. The van der Waals surface area contributed by atoms with Crippen LogP contribution in [0.3, 0.4) is 0 Å². The highest BCUT2D eigenvalue weighted by Crippen LogP contribution is 2.25. The average molecular weight is 230 g/mol. The van der Waals surface area contributed by atoms with Gasteiger partial charge in [-0.2, -0.15) is 0 Å². The van der Waals surface area contributed by atoms with Crippen LogP contribution in [-0.4, -0.2) is 24.9 Å². The van der Waals surface area contributed by atoms with E-state index < -0.39 is 0 Å². The van der Waals surface area contributed by atoms with E-state index in [2.05, 4.69) is 5.32 Å². The van der Waals surface area contributed by atoms with Crippen LogP contribution in [0.15, 0.2) is 18.2 Å². The lowest BCUT2D eigenvalue weighted by Gasteiger charge is -2.12. The van der Waals surface area contributed by atoms with Crippen molar-refractivity contribution >= 4 is 11.6 Å². The first-order valence-corrected chi connectivity index (χ1v) is 5.23. The molecular weight excluding hydrogens is 214 g/mol. The molecule has 0 fully saturated rings. The van der Waals surface area contributed by atoms with Crippen molar-refractivity contribution in [2.75, 3.05) is 13.7 Å². The summed E-state index contributed by atoms with van der Waals surface area (Å²) < 4.78 is 5.20. The van der Waals surface area contributed by atoms with Crippen LogP contribution < -0.4 is 10.1 Å². The van der Waals surface area contributed by atoms with Gasteiger partial charge in [-0.25, -0.2) is 0 Å². The number of methoxy groups -OCH3 is 1. The number of benzene rings is 1. The molecule has 4 heteroatoms. The second kappa shape index (κ2) is 5.95. The summed E-state index contributed by atoms with van der Waals surface area (Å²) in [6.45, 7) is 2.86. The molecule has 1 aromatic carbocycles. The zero-order valence-corrected chi connectivity index (χ0v) is 9.71. The maximum absolute atomic E-state index is 9.10. The summed E-state index contributed by atoms with van der Waals surface area (Å²) >= 11 is 6.04. The lowest BCUT2D eigenvalue weighted by Crippen LogP contribution is -2.24. The van der Waals surface area contributed by atoms with Gasteiger partial charge in [0.1, 0.15) is 5.75 Å². The monoisotopic (exact) mass is 229 g/mol. The number of rotatable bonds is 5. The van der Waals surface area contributed by atoms with Gasteiger partial charge in [0.25, 0.3) is 0 Å². The molecular formula is C11H16ClNO2. The SMILES string of the molecule is COc1cccc(Cl)c1CNCC(C)O. The van der Waals surface area contributed by atoms with E-state index in [1.54, 1.807) is 14.0 Å². The van der Waals surface area contributed by atoms with E-state index in [9.17, 15) is 0 Å². The van der Waals surface area contributed by atoms with E-state index in [-0.39, 0.29) is 6.10 Å². The minimum atomic E-state index is -0.363. The van der Waals surface area contributed by atoms with Gasteiger partial charge >= 0.3 is 0 Å². The number of ether oxygens (including phenoxy) is 1. The maximum atomic E-state index is 9.10. The van der Waals surface area contributed by atoms with Gasteiger partial charge in [0.2, 0.25) is 0 Å². The minimum absolute atomic E-state index is 0.363. The summed E-state index contributed by atoms with van der Waals surface area (Å²) in [6, 6.07) is 5.54. The van der Waals surface area contributed by atoms with Crippen molar-refractivity contribution in [2.24, 2.45) is 0 Å². The quantitative estimate of drug-likeness (QED) is 0.810. The Labute approximate surface area is 95.0 Å². The Bertz CT molecular complexity index is 315. The number of aliphatic hydroxyl groups excluding tert-OH is 1. The van der Waals surface area contributed by atoms with Gasteiger partial charge < -0.3 is 15.2 Å². The van der Waals surface area contributed by atoms with Crippen LogP contribution in [-0.2, 0) is 6.54 Å². The molecule has 84 valence electrons. The molecule has 1 aromatic rings. The molecule has 2 N–H and O–H groups in total. The fraction of sp³-hybridized carbons (Fsp3) is 0.455. The topological polar surface area (TPSA) is 41.5 Å². The van der Waals surface area contributed by atoms with Crippen molar-refractivity contribution in [3.05, 3.63) is 28.8 Å². The summed E-state index contributed by atoms with van der Waals surface area (Å²) in [7, 11) is 1.61. The van der Waals surface area contributed by atoms with E-state index in [0.29, 0.717) is 18.1 Å². The summed E-state index contributed by atoms with van der Waals surface area (Å²) in [6.07, 6.45) is -0.363. The van der Waals surface area contributed by atoms with Gasteiger partial charge in [0.05, 0.1) is 13.2 Å². The predicted molar refractivity (Wildman–Crippen MR) is 61.4 cm³/mol. The standard InChI is InChI=1S/C11H16ClNO2/c1-8(14)6-13-7-9-10(12)4-3-5-11(9)15-2/h3-5,8,13-14H,6-7H2,1-2H3. The lowest BCUT2D eigenvalue weighted by atomic mass is 10.2. The Morgan fingerprint density at radius 3 is 2.87 bits per heavy atom. The van der Waals surface area contributed by atoms with E-state index in [1.165, 1.54) is 0 Å². The third-order valence-corrected chi connectivity index (χ3v) is 2.39. The third kappa shape index (κ3) is 3.70. The van der Waals surface area contributed by atoms with Crippen LogP contribution in [0.25, 0.3) is 0 Å². The first-order chi connectivity index (χ1) is 7.15. The largest absolute Gasteiger partial charge is 0.496 e. The van der Waals surface area contributed by atoms with Gasteiger partial charge in [0.15, 0.2) is 0 Å². The summed E-state index contributed by atoms with van der Waals surface area (Å²) in [5.74, 6) is 0.764. The predicted octanol–water partition coefficient (Wildman–Crippen LogP) is 1.82. The number of hydrogen-bond donors (Lipinski definition) is 2. The van der Waals surface area contributed by atoms with Crippen LogP contribution in [0.2, 0.25) is 5.02 Å². The molecule has 3 nitrogen and oxygen atoms in total. The first kappa shape index (κ1) is 12.3. The summed E-state index contributed by atoms with van der Waals surface area (Å²) in [4.78, 5) is 0. The average Bonchev–Trinajstić information content (AvgIpc) is 2.20. The Hall–Kier alpha value is -0.770. The zero-order valence-electron chi connectivity index (χ0n) is 8.96. The molecule has 1 rings (SSSR count). The van der Waals surface area contributed by atoms with Crippen molar-refractivity contribution in [3.8, 4) is 5.75 Å². The van der Waals surface area contributed by atoms with Crippen LogP contribution in [0.4, 0.5) is 0 Å². The van der Waals surface area contributed by atoms with Crippen LogP contribution in [0.1, 0.15) is 12.5 Å². The molecule has 0 aliphatic carbocycles. The molecule has 0 saturated heterocycles. The fourth-order valence-corrected chi connectivity index (χ4v) is 1.54. The van der Waals surface area contributed by atoms with E-state index in [0.717, 1.165) is 11.3 Å². The first-order valence-electron chi connectivity index (χ1n) is 4.85. The van der Waals surface area contributed by atoms with Crippen LogP contribution >= 0.6 is 11.6 Å². The number of nitrogens with one attached hydrogen (secondary N) is 1. The van der Waals surface area contributed by atoms with E-state index in [4.69, 9.17) is 21.4 Å². The molecule has 0 aromatic heterocycles. The minimum Gasteiger partial charge on any atom is -0.496 e. The lowest BCUT2D eigenvalue weighted by molar-refractivity contribution is 0.191. The molecule has 1 unspecified atom stereocenters. The van der Waals surface area contributed by atoms with Crippen LogP contribution in [0, 0.1) is 0 Å². The summed E-state index contributed by atoms with van der Waals surface area (Å²) in [5, 5.41) is 12.9. The molecule has 0 radical (unpaired) electrons. The molecule has 0 amide bonds. The van der Waals surface area contributed by atoms with Gasteiger partial charge in [-0.3, -0.25) is 0 Å². The molecule has 0 heterocycles. The molecule has 0 saturated carbocycles. The number of aliphatic hydroxyl groups is 1. The van der Waals surface area contributed by atoms with Crippen molar-refractivity contribution in [2.45, 2.75) is 19.6 Å². The highest BCUT2D eigenvalue weighted by atomic mass is 35.5. The molecule has 0 bridgehead atoms. The molecule has 0 aliphatic heterocycles. The number of halogens is 1. The Balaban J connectivity index is 2.66. The van der Waals surface area contributed by atoms with Crippen molar-refractivity contribution in [1.29, 1.82) is 0 Å². The second-order valence-electron chi connectivity index (χ2n) is 3.40. The van der Waals surface area contributed by atoms with E-state index >= 15 is 0 Å². The fourth-order valence-electron chi connectivity index (χ4n) is 1.31. The van der Waals surface area contributed by atoms with Crippen molar-refractivity contribution in [1.82, 2.24) is 5.32 Å². The smallest absolute Gasteiger partial charge is 0.124 e. The molecule has 1 atom stereocenters. The van der Waals surface area contributed by atoms with Crippen molar-refractivity contribution in [3.63, 3.8) is 0 Å². The highest BCUT2D eigenvalue weighted by Gasteiger charge is 2.07. The van der Waals surface area contributed by atoms with Crippen molar-refractivity contribution < 1.29 is 9.84 Å². The van der Waals surface area contributed by atoms with Gasteiger partial charge in [-0.05, 0) is 19.1 Å². The Kier molecular flexibility index (Phi) is 4.88. The van der Waals surface area contributed by atoms with Gasteiger partial charge in [-0.15, -0.1) is 0 Å². The van der Waals surface area contributed by atoms with Gasteiger partial charge in [-0.1, -0.05) is 17.7 Å². The Morgan fingerprint density at radius 1 is 1.53 bits per heavy atom. The normalized spacial score (nSPS) is 12.5. The zero-order chi connectivity index (χ0) is 11.3. The number of hydrogen-bond acceptors (Lipinski definition) is 3. The van der Waals surface area contributed by atoms with Gasteiger partial charge in [0, 0.05) is 23.7 Å². The maximum Gasteiger partial charge on any atom is 0.124 e. The molecule has 15 heavy (non-hydrogen) atoms. The third-order valence-electron chi connectivity index (χ3n) is 2.04. The highest BCUT2D eigenvalue weighted by molar-refractivity contribution is 6.31. The van der Waals surface area contributed by atoms with E-state index in [1.807, 2.05) is 18.2 Å². The van der Waals surface area contributed by atoms with Crippen LogP contribution in [0.5, 0.6) is 5.75 Å². The summed E-state index contributed by atoms with van der Waals surface area (Å²) in [5.41, 5.74) is 0.919. The molecule has 0 aliphatic rings. The second-order valence-corrected chi connectivity index (χ2v) is 3.81. The molecule has 0 spiro atoms.